The van der Waals surface area contributed by atoms with Crippen LogP contribution in [0.3, 0.4) is 0 Å². The van der Waals surface area contributed by atoms with Gasteiger partial charge in [-0.05, 0) is 61.7 Å². The minimum absolute atomic E-state index is 0.0124. The van der Waals surface area contributed by atoms with Crippen molar-refractivity contribution in [3.8, 4) is 0 Å². The number of rotatable bonds is 9. The Balaban J connectivity index is 1.82. The van der Waals surface area contributed by atoms with Crippen LogP contribution in [-0.4, -0.2) is 53.3 Å². The van der Waals surface area contributed by atoms with Gasteiger partial charge in [0.05, 0.1) is 19.1 Å². The molecule has 0 saturated heterocycles. The lowest BCUT2D eigenvalue weighted by Crippen LogP contribution is -2.49. The highest BCUT2D eigenvalue weighted by molar-refractivity contribution is 7.10. The summed E-state index contributed by atoms with van der Waals surface area (Å²) in [5.41, 5.74) is 3.44. The van der Waals surface area contributed by atoms with Crippen LogP contribution in [0.5, 0.6) is 0 Å². The molecule has 6 nitrogen and oxygen atoms in total. The Kier molecular flexibility index (Phi) is 8.67. The fourth-order valence-electron chi connectivity index (χ4n) is 4.35. The normalized spacial score (nSPS) is 16.1. The van der Waals surface area contributed by atoms with Crippen LogP contribution in [0.4, 0.5) is 0 Å². The third kappa shape index (κ3) is 5.82. The number of thiophene rings is 1. The summed E-state index contributed by atoms with van der Waals surface area (Å²) < 4.78 is 4.95. The maximum Gasteiger partial charge on any atom is 0.306 e. The second kappa shape index (κ2) is 11.5. The minimum Gasteiger partial charge on any atom is -0.466 e. The quantitative estimate of drug-likeness (QED) is 0.506. The van der Waals surface area contributed by atoms with Crippen molar-refractivity contribution in [3.05, 3.63) is 57.3 Å². The molecule has 3 rings (SSSR count). The maximum absolute atomic E-state index is 13.6. The SMILES string of the molecule is CCOC(=O)CCC(=O)N(CC(=O)N1CCc2sccc2[C@H]1c1ccccc1C)[C@@H](C)CC. The van der Waals surface area contributed by atoms with Crippen molar-refractivity contribution in [1.29, 1.82) is 0 Å². The Labute approximate surface area is 200 Å². The molecule has 1 aliphatic rings. The van der Waals surface area contributed by atoms with Crippen LogP contribution < -0.4 is 0 Å². The molecule has 0 radical (unpaired) electrons. The van der Waals surface area contributed by atoms with Crippen LogP contribution in [0.2, 0.25) is 0 Å². The average molecular weight is 471 g/mol. The van der Waals surface area contributed by atoms with E-state index in [9.17, 15) is 14.4 Å². The van der Waals surface area contributed by atoms with Crippen LogP contribution in [0, 0.1) is 6.92 Å². The maximum atomic E-state index is 13.6. The van der Waals surface area contributed by atoms with E-state index < -0.39 is 0 Å². The van der Waals surface area contributed by atoms with Crippen LogP contribution in [-0.2, 0) is 25.5 Å². The molecule has 2 heterocycles. The molecular weight excluding hydrogens is 436 g/mol. The molecule has 0 unspecified atom stereocenters. The van der Waals surface area contributed by atoms with Gasteiger partial charge in [0.2, 0.25) is 11.8 Å². The number of fused-ring (bicyclic) bond motifs is 1. The Morgan fingerprint density at radius 2 is 1.91 bits per heavy atom. The zero-order chi connectivity index (χ0) is 24.0. The molecule has 0 N–H and O–H groups in total. The minimum atomic E-state index is -0.387. The number of hydrogen-bond acceptors (Lipinski definition) is 5. The van der Waals surface area contributed by atoms with Crippen molar-refractivity contribution in [2.45, 2.75) is 65.5 Å². The molecule has 1 aliphatic heterocycles. The molecule has 1 aromatic heterocycles. The van der Waals surface area contributed by atoms with E-state index >= 15 is 0 Å². The van der Waals surface area contributed by atoms with Crippen molar-refractivity contribution in [1.82, 2.24) is 9.80 Å². The highest BCUT2D eigenvalue weighted by Gasteiger charge is 2.35. The molecule has 0 saturated carbocycles. The standard InChI is InChI=1S/C26H34N2O4S/c1-5-19(4)28(23(29)11-12-25(31)32-6-2)17-24(30)27-15-13-22-21(14-16-33-22)26(27)20-10-8-7-9-18(20)3/h7-10,14,16,19,26H,5-6,11-13,15,17H2,1-4H3/t19-,26+/m0/s1. The third-order valence-corrected chi connectivity index (χ3v) is 7.36. The van der Waals surface area contributed by atoms with E-state index in [0.29, 0.717) is 13.2 Å². The lowest BCUT2D eigenvalue weighted by Gasteiger charge is -2.39. The molecule has 2 aromatic rings. The van der Waals surface area contributed by atoms with E-state index in [1.807, 2.05) is 30.9 Å². The number of amides is 2. The predicted octanol–water partition coefficient (Wildman–Crippen LogP) is 4.50. The summed E-state index contributed by atoms with van der Waals surface area (Å²) in [5, 5.41) is 2.09. The molecule has 0 spiro atoms. The molecule has 2 amide bonds. The number of ether oxygens (including phenoxy) is 1. The van der Waals surface area contributed by atoms with Gasteiger partial charge in [-0.3, -0.25) is 14.4 Å². The van der Waals surface area contributed by atoms with Gasteiger partial charge in [-0.25, -0.2) is 0 Å². The van der Waals surface area contributed by atoms with Crippen LogP contribution in [0.25, 0.3) is 0 Å². The van der Waals surface area contributed by atoms with E-state index in [2.05, 4.69) is 30.5 Å². The molecule has 7 heteroatoms. The Hall–Kier alpha value is -2.67. The van der Waals surface area contributed by atoms with Crippen molar-refractivity contribution in [2.24, 2.45) is 0 Å². The van der Waals surface area contributed by atoms with Gasteiger partial charge in [0, 0.05) is 23.9 Å². The molecule has 178 valence electrons. The summed E-state index contributed by atoms with van der Waals surface area (Å²) in [6.07, 6.45) is 1.63. The first-order valence-electron chi connectivity index (χ1n) is 11.7. The zero-order valence-corrected chi connectivity index (χ0v) is 20.8. The molecule has 2 atom stereocenters. The highest BCUT2D eigenvalue weighted by Crippen LogP contribution is 2.39. The fraction of sp³-hybridized carbons (Fsp3) is 0.500. The van der Waals surface area contributed by atoms with Gasteiger partial charge in [0.15, 0.2) is 0 Å². The van der Waals surface area contributed by atoms with Crippen molar-refractivity contribution < 1.29 is 19.1 Å². The summed E-state index contributed by atoms with van der Waals surface area (Å²) in [6, 6.07) is 10.1. The number of carbonyl (C=O) groups excluding carboxylic acids is 3. The molecule has 33 heavy (non-hydrogen) atoms. The van der Waals surface area contributed by atoms with Crippen LogP contribution >= 0.6 is 11.3 Å². The molecular formula is C26H34N2O4S. The van der Waals surface area contributed by atoms with E-state index in [1.165, 1.54) is 10.4 Å². The van der Waals surface area contributed by atoms with Gasteiger partial charge >= 0.3 is 5.97 Å². The summed E-state index contributed by atoms with van der Waals surface area (Å²) >= 11 is 1.74. The van der Waals surface area contributed by atoms with E-state index in [-0.39, 0.29) is 49.3 Å². The van der Waals surface area contributed by atoms with Gasteiger partial charge in [-0.1, -0.05) is 31.2 Å². The Morgan fingerprint density at radius 3 is 2.61 bits per heavy atom. The topological polar surface area (TPSA) is 66.9 Å². The van der Waals surface area contributed by atoms with Gasteiger partial charge in [-0.15, -0.1) is 11.3 Å². The number of hydrogen-bond donors (Lipinski definition) is 0. The number of aryl methyl sites for hydroxylation is 1. The number of carbonyl (C=O) groups is 3. The van der Waals surface area contributed by atoms with Crippen LogP contribution in [0.15, 0.2) is 35.7 Å². The van der Waals surface area contributed by atoms with Gasteiger partial charge in [0.25, 0.3) is 0 Å². The summed E-state index contributed by atoms with van der Waals surface area (Å²) in [4.78, 5) is 43.2. The molecule has 1 aromatic carbocycles. The monoisotopic (exact) mass is 470 g/mol. The lowest BCUT2D eigenvalue weighted by atomic mass is 9.90. The smallest absolute Gasteiger partial charge is 0.306 e. The van der Waals surface area contributed by atoms with Gasteiger partial charge in [-0.2, -0.15) is 0 Å². The van der Waals surface area contributed by atoms with Crippen LogP contribution in [0.1, 0.15) is 67.6 Å². The number of esters is 1. The summed E-state index contributed by atoms with van der Waals surface area (Å²) in [5.74, 6) is -0.641. The summed E-state index contributed by atoms with van der Waals surface area (Å²) in [7, 11) is 0. The highest BCUT2D eigenvalue weighted by atomic mass is 32.1. The number of nitrogens with zero attached hydrogens (tertiary/aromatic N) is 2. The first kappa shape index (κ1) is 25.0. The zero-order valence-electron chi connectivity index (χ0n) is 20.0. The van der Waals surface area contributed by atoms with Crippen molar-refractivity contribution in [3.63, 3.8) is 0 Å². The first-order valence-corrected chi connectivity index (χ1v) is 12.6. The van der Waals surface area contributed by atoms with Crippen molar-refractivity contribution >= 4 is 29.1 Å². The molecule has 0 bridgehead atoms. The first-order chi connectivity index (χ1) is 15.9. The van der Waals surface area contributed by atoms with E-state index in [0.717, 1.165) is 24.0 Å². The molecule has 0 fully saturated rings. The average Bonchev–Trinajstić information content (AvgIpc) is 3.29. The lowest BCUT2D eigenvalue weighted by molar-refractivity contribution is -0.147. The van der Waals surface area contributed by atoms with E-state index in [4.69, 9.17) is 4.74 Å². The summed E-state index contributed by atoms with van der Waals surface area (Å²) in [6.45, 7) is 8.68. The van der Waals surface area contributed by atoms with Crippen molar-refractivity contribution in [2.75, 3.05) is 19.7 Å². The Morgan fingerprint density at radius 1 is 1.15 bits per heavy atom. The third-order valence-electron chi connectivity index (χ3n) is 6.37. The fourth-order valence-corrected chi connectivity index (χ4v) is 5.25. The second-order valence-electron chi connectivity index (χ2n) is 8.48. The number of benzene rings is 1. The van der Waals surface area contributed by atoms with Gasteiger partial charge < -0.3 is 14.5 Å². The van der Waals surface area contributed by atoms with Gasteiger partial charge in [0.1, 0.15) is 6.54 Å². The molecule has 0 aliphatic carbocycles. The largest absolute Gasteiger partial charge is 0.466 e. The predicted molar refractivity (Wildman–Crippen MR) is 130 cm³/mol. The second-order valence-corrected chi connectivity index (χ2v) is 9.48. The van der Waals surface area contributed by atoms with E-state index in [1.54, 1.807) is 23.2 Å². The Bertz CT molecular complexity index is 986.